The van der Waals surface area contributed by atoms with E-state index in [1.54, 1.807) is 60.9 Å². The Kier molecular flexibility index (Phi) is 15.7. The van der Waals surface area contributed by atoms with Crippen molar-refractivity contribution in [3.8, 4) is 0 Å². The molecule has 0 bridgehead atoms. The van der Waals surface area contributed by atoms with Crippen molar-refractivity contribution in [1.82, 2.24) is 0 Å². The van der Waals surface area contributed by atoms with Gasteiger partial charge in [0.1, 0.15) is 0 Å². The highest BCUT2D eigenvalue weighted by Gasteiger charge is 2.16. The van der Waals surface area contributed by atoms with Gasteiger partial charge >= 0.3 is 11.9 Å². The zero-order chi connectivity index (χ0) is 19.9. The van der Waals surface area contributed by atoms with Gasteiger partial charge in [-0.1, -0.05) is 27.0 Å². The second kappa shape index (κ2) is 15.8. The van der Waals surface area contributed by atoms with E-state index < -0.39 is 0 Å². The Morgan fingerprint density at radius 2 is 1.15 bits per heavy atom. The summed E-state index contributed by atoms with van der Waals surface area (Å²) in [5.74, 6) is 4.56. The average molecular weight is 439 g/mol. The van der Waals surface area contributed by atoms with E-state index in [1.807, 2.05) is 13.8 Å². The fourth-order valence-electron chi connectivity index (χ4n) is 1.52. The van der Waals surface area contributed by atoms with Gasteiger partial charge in [0.2, 0.25) is 0 Å². The summed E-state index contributed by atoms with van der Waals surface area (Å²) in [4.78, 5) is 23.3. The lowest BCUT2D eigenvalue weighted by Crippen LogP contribution is -2.19. The predicted molar refractivity (Wildman–Crippen MR) is 120 cm³/mol. The fraction of sp³-hybridized carbons (Fsp3) is 0.667. The summed E-state index contributed by atoms with van der Waals surface area (Å²) in [6.45, 7) is 14.6. The van der Waals surface area contributed by atoms with Gasteiger partial charge in [0.05, 0.1) is 0 Å². The second-order valence-corrected chi connectivity index (χ2v) is 10.5. The molecule has 0 saturated carbocycles. The Morgan fingerprint density at radius 3 is 1.42 bits per heavy atom. The van der Waals surface area contributed by atoms with E-state index in [0.717, 1.165) is 34.5 Å². The van der Waals surface area contributed by atoms with Crippen molar-refractivity contribution in [1.29, 1.82) is 0 Å². The maximum atomic E-state index is 11.6. The van der Waals surface area contributed by atoms with Crippen LogP contribution in [0.4, 0.5) is 0 Å². The highest BCUT2D eigenvalue weighted by Crippen LogP contribution is 2.22. The largest absolute Gasteiger partial charge is 0.447 e. The number of hydrogen-bond donors (Lipinski definition) is 0. The first-order chi connectivity index (χ1) is 12.3. The van der Waals surface area contributed by atoms with Gasteiger partial charge in [0.25, 0.3) is 0 Å². The lowest BCUT2D eigenvalue weighted by Gasteiger charge is -2.17. The van der Waals surface area contributed by atoms with Crippen LogP contribution in [0.1, 0.15) is 27.7 Å². The Morgan fingerprint density at radius 1 is 0.808 bits per heavy atom. The first-order valence-corrected chi connectivity index (χ1v) is 12.8. The highest BCUT2D eigenvalue weighted by molar-refractivity contribution is 8.05. The van der Waals surface area contributed by atoms with Gasteiger partial charge in [0.15, 0.2) is 10.9 Å². The Balaban J connectivity index is 4.06. The van der Waals surface area contributed by atoms with E-state index in [0.29, 0.717) is 11.1 Å². The Bertz CT molecular complexity index is 426. The minimum atomic E-state index is -0.329. The summed E-state index contributed by atoms with van der Waals surface area (Å²) < 4.78 is 10.8. The van der Waals surface area contributed by atoms with Crippen molar-refractivity contribution in [2.75, 3.05) is 34.5 Å². The molecular formula is C18H30O4S4. The molecule has 0 aromatic heterocycles. The van der Waals surface area contributed by atoms with Crippen molar-refractivity contribution in [3.63, 3.8) is 0 Å². The summed E-state index contributed by atoms with van der Waals surface area (Å²) >= 11 is 6.78. The SMILES string of the molecule is C=C(C)C(=O)OC(CSCCSCC(OC(=O)C(=C)C)SCC)SCC. The number of rotatable bonds is 15. The maximum absolute atomic E-state index is 11.6. The number of ether oxygens (including phenoxy) is 2. The van der Waals surface area contributed by atoms with Gasteiger partial charge in [-0.15, -0.1) is 23.5 Å². The predicted octanol–water partition coefficient (Wildman–Crippen LogP) is 4.85. The maximum Gasteiger partial charge on any atom is 0.334 e. The van der Waals surface area contributed by atoms with Gasteiger partial charge in [-0.3, -0.25) is 0 Å². The van der Waals surface area contributed by atoms with E-state index in [2.05, 4.69) is 13.2 Å². The highest BCUT2D eigenvalue weighted by atomic mass is 32.2. The van der Waals surface area contributed by atoms with Crippen LogP contribution in [0, 0.1) is 0 Å². The number of hydrogen-bond acceptors (Lipinski definition) is 8. The molecule has 4 nitrogen and oxygen atoms in total. The molecule has 0 N–H and O–H groups in total. The molecule has 0 heterocycles. The molecule has 2 atom stereocenters. The van der Waals surface area contributed by atoms with Gasteiger partial charge < -0.3 is 9.47 Å². The van der Waals surface area contributed by atoms with Crippen LogP contribution >= 0.6 is 47.0 Å². The van der Waals surface area contributed by atoms with Crippen LogP contribution in [0.5, 0.6) is 0 Å². The van der Waals surface area contributed by atoms with Crippen molar-refractivity contribution >= 4 is 59.0 Å². The van der Waals surface area contributed by atoms with Gasteiger partial charge in [-0.2, -0.15) is 23.5 Å². The minimum Gasteiger partial charge on any atom is -0.447 e. The van der Waals surface area contributed by atoms with Crippen LogP contribution in [0.2, 0.25) is 0 Å². The molecule has 0 amide bonds. The zero-order valence-corrected chi connectivity index (χ0v) is 19.3. The molecule has 0 saturated heterocycles. The van der Waals surface area contributed by atoms with Crippen molar-refractivity contribution < 1.29 is 19.1 Å². The van der Waals surface area contributed by atoms with E-state index in [-0.39, 0.29) is 22.8 Å². The van der Waals surface area contributed by atoms with E-state index in [4.69, 9.17) is 9.47 Å². The van der Waals surface area contributed by atoms with Crippen LogP contribution in [0.3, 0.4) is 0 Å². The Hall–Kier alpha value is -0.180. The lowest BCUT2D eigenvalue weighted by atomic mass is 10.4. The fourth-order valence-corrected chi connectivity index (χ4v) is 5.72. The van der Waals surface area contributed by atoms with Crippen LogP contribution < -0.4 is 0 Å². The molecule has 150 valence electrons. The third-order valence-corrected chi connectivity index (χ3v) is 7.44. The smallest absolute Gasteiger partial charge is 0.334 e. The summed E-state index contributed by atoms with van der Waals surface area (Å²) in [7, 11) is 0. The van der Waals surface area contributed by atoms with Crippen LogP contribution in [-0.2, 0) is 19.1 Å². The number of esters is 2. The molecular weight excluding hydrogens is 408 g/mol. The summed E-state index contributed by atoms with van der Waals surface area (Å²) in [5.41, 5.74) is 0.574. The molecule has 0 aromatic carbocycles. The van der Waals surface area contributed by atoms with E-state index >= 15 is 0 Å². The number of thioether (sulfide) groups is 4. The van der Waals surface area contributed by atoms with E-state index in [9.17, 15) is 9.59 Å². The van der Waals surface area contributed by atoms with Crippen LogP contribution in [0.25, 0.3) is 0 Å². The molecule has 0 aliphatic carbocycles. The third kappa shape index (κ3) is 13.1. The first kappa shape index (κ1) is 25.8. The summed E-state index contributed by atoms with van der Waals surface area (Å²) in [6, 6.07) is 0. The molecule has 0 spiro atoms. The van der Waals surface area contributed by atoms with Gasteiger partial charge in [0, 0.05) is 34.2 Å². The summed E-state index contributed by atoms with van der Waals surface area (Å²) in [6.07, 6.45) is 0. The van der Waals surface area contributed by atoms with Gasteiger partial charge in [-0.05, 0) is 25.4 Å². The number of carbonyl (C=O) groups is 2. The molecule has 0 aromatic rings. The zero-order valence-electron chi connectivity index (χ0n) is 16.1. The topological polar surface area (TPSA) is 52.6 Å². The molecule has 0 radical (unpaired) electrons. The quantitative estimate of drug-likeness (QED) is 0.156. The van der Waals surface area contributed by atoms with Gasteiger partial charge in [-0.25, -0.2) is 9.59 Å². The van der Waals surface area contributed by atoms with Crippen LogP contribution in [-0.4, -0.2) is 57.3 Å². The van der Waals surface area contributed by atoms with Crippen molar-refractivity contribution in [3.05, 3.63) is 24.3 Å². The monoisotopic (exact) mass is 438 g/mol. The molecule has 0 rings (SSSR count). The molecule has 0 aliphatic heterocycles. The number of carbonyl (C=O) groups excluding carboxylic acids is 2. The van der Waals surface area contributed by atoms with Crippen molar-refractivity contribution in [2.24, 2.45) is 0 Å². The molecule has 26 heavy (non-hydrogen) atoms. The minimum absolute atomic E-state index is 0.140. The first-order valence-electron chi connectivity index (χ1n) is 8.43. The second-order valence-electron chi connectivity index (χ2n) is 5.29. The normalized spacial score (nSPS) is 12.9. The summed E-state index contributed by atoms with van der Waals surface area (Å²) in [5, 5.41) is 0. The average Bonchev–Trinajstić information content (AvgIpc) is 2.57. The van der Waals surface area contributed by atoms with Crippen LogP contribution in [0.15, 0.2) is 24.3 Å². The molecule has 2 unspecified atom stereocenters. The van der Waals surface area contributed by atoms with E-state index in [1.165, 1.54) is 0 Å². The third-order valence-electron chi connectivity index (χ3n) is 2.76. The molecule has 0 fully saturated rings. The van der Waals surface area contributed by atoms with Crippen molar-refractivity contribution in [2.45, 2.75) is 38.6 Å². The Labute approximate surface area is 175 Å². The lowest BCUT2D eigenvalue weighted by molar-refractivity contribution is -0.140. The molecule has 0 aliphatic rings. The standard InChI is InChI=1S/C18H30O4S4/c1-7-25-15(21-17(19)13(3)4)11-23-9-10-24-12-16(26-8-2)22-18(20)14(5)6/h15-16H,3,5,7-12H2,1-2,4,6H3. The molecule has 8 heteroatoms.